The maximum absolute atomic E-state index is 12.7. The van der Waals surface area contributed by atoms with Gasteiger partial charge < -0.3 is 14.6 Å². The van der Waals surface area contributed by atoms with Crippen molar-refractivity contribution in [3.05, 3.63) is 77.4 Å². The lowest BCUT2D eigenvalue weighted by Gasteiger charge is -2.14. The van der Waals surface area contributed by atoms with Crippen LogP contribution in [0.1, 0.15) is 29.5 Å². The predicted octanol–water partition coefficient (Wildman–Crippen LogP) is 4.95. The van der Waals surface area contributed by atoms with Gasteiger partial charge in [0.05, 0.1) is 12.0 Å². The van der Waals surface area contributed by atoms with Gasteiger partial charge in [-0.3, -0.25) is 4.79 Å². The van der Waals surface area contributed by atoms with Gasteiger partial charge in [-0.25, -0.2) is 8.42 Å². The van der Waals surface area contributed by atoms with Gasteiger partial charge in [0.25, 0.3) is 0 Å². The molecule has 3 aromatic rings. The summed E-state index contributed by atoms with van der Waals surface area (Å²) in [6.07, 6.45) is 0.290. The lowest BCUT2D eigenvalue weighted by Crippen LogP contribution is -2.32. The fourth-order valence-corrected chi connectivity index (χ4v) is 5.95. The molecule has 1 aliphatic carbocycles. The number of sulfone groups is 1. The van der Waals surface area contributed by atoms with Crippen LogP contribution in [-0.2, 0) is 21.2 Å². The second-order valence-electron chi connectivity index (χ2n) is 8.40. The van der Waals surface area contributed by atoms with Crippen molar-refractivity contribution in [3.8, 4) is 22.6 Å². The Kier molecular flexibility index (Phi) is 5.93. The molecule has 0 atom stereocenters. The summed E-state index contributed by atoms with van der Waals surface area (Å²) >= 11 is 0. The molecule has 0 saturated heterocycles. The smallest absolute Gasteiger partial charge is 0.325 e. The molecule has 1 saturated carbocycles. The highest BCUT2D eigenvalue weighted by molar-refractivity contribution is 7.94. The largest absolute Gasteiger partial charge is 0.497 e. The van der Waals surface area contributed by atoms with Crippen molar-refractivity contribution in [3.63, 3.8) is 0 Å². The second kappa shape index (κ2) is 8.56. The zero-order chi connectivity index (χ0) is 23.8. The number of aliphatic carboxylic acids is 1. The molecule has 0 spiro atoms. The van der Waals surface area contributed by atoms with E-state index in [2.05, 4.69) is 26.0 Å². The van der Waals surface area contributed by atoms with Crippen LogP contribution in [0.15, 0.2) is 65.6 Å². The second-order valence-corrected chi connectivity index (χ2v) is 10.7. The van der Waals surface area contributed by atoms with E-state index in [0.29, 0.717) is 12.4 Å². The predicted molar refractivity (Wildman–Crippen MR) is 125 cm³/mol. The van der Waals surface area contributed by atoms with Crippen molar-refractivity contribution < 1.29 is 27.8 Å². The molecule has 0 amide bonds. The van der Waals surface area contributed by atoms with Crippen LogP contribution in [0.4, 0.5) is 0 Å². The average Bonchev–Trinajstić information content (AvgIpc) is 3.61. The van der Waals surface area contributed by atoms with Crippen LogP contribution >= 0.6 is 0 Å². The Morgan fingerprint density at radius 2 is 1.61 bits per heavy atom. The van der Waals surface area contributed by atoms with Crippen LogP contribution in [0.25, 0.3) is 11.1 Å². The Balaban J connectivity index is 1.49. The topological polar surface area (TPSA) is 89.9 Å². The highest BCUT2D eigenvalue weighted by Gasteiger charge is 2.61. The van der Waals surface area contributed by atoms with E-state index in [1.54, 1.807) is 19.2 Å². The molecule has 0 aromatic heterocycles. The van der Waals surface area contributed by atoms with Gasteiger partial charge in [0.1, 0.15) is 18.1 Å². The SMILES string of the molecule is COc1cc(C)c(-c2cccc(COc3ccc(S(=O)(=O)C4(C(=O)O)CC4)cc3)c2)c(C)c1. The van der Waals surface area contributed by atoms with Gasteiger partial charge in [-0.15, -0.1) is 0 Å². The van der Waals surface area contributed by atoms with E-state index in [1.165, 1.54) is 12.1 Å². The first-order valence-corrected chi connectivity index (χ1v) is 12.1. The van der Waals surface area contributed by atoms with Gasteiger partial charge in [0.2, 0.25) is 0 Å². The third kappa shape index (κ3) is 4.20. The van der Waals surface area contributed by atoms with Gasteiger partial charge in [0, 0.05) is 0 Å². The molecule has 7 heteroatoms. The van der Waals surface area contributed by atoms with Crippen molar-refractivity contribution in [2.75, 3.05) is 7.11 Å². The summed E-state index contributed by atoms with van der Waals surface area (Å²) < 4.78 is 34.9. The van der Waals surface area contributed by atoms with Gasteiger partial charge >= 0.3 is 5.97 Å². The number of hydrogen-bond donors (Lipinski definition) is 1. The number of carboxylic acids is 1. The van der Waals surface area contributed by atoms with Crippen molar-refractivity contribution in [1.82, 2.24) is 0 Å². The number of carbonyl (C=O) groups is 1. The maximum Gasteiger partial charge on any atom is 0.325 e. The molecule has 0 aliphatic heterocycles. The lowest BCUT2D eigenvalue weighted by atomic mass is 9.94. The Morgan fingerprint density at radius 1 is 0.970 bits per heavy atom. The minimum Gasteiger partial charge on any atom is -0.497 e. The van der Waals surface area contributed by atoms with Crippen molar-refractivity contribution in [2.45, 2.75) is 42.9 Å². The molecule has 0 bridgehead atoms. The Labute approximate surface area is 193 Å². The summed E-state index contributed by atoms with van der Waals surface area (Å²) in [5, 5.41) is 9.32. The highest BCUT2D eigenvalue weighted by Crippen LogP contribution is 2.47. The quantitative estimate of drug-likeness (QED) is 0.505. The highest BCUT2D eigenvalue weighted by atomic mass is 32.2. The number of hydrogen-bond acceptors (Lipinski definition) is 5. The van der Waals surface area contributed by atoms with E-state index in [4.69, 9.17) is 9.47 Å². The standard InChI is InChI=1S/C26H26O6S/c1-17-13-22(31-3)14-18(2)24(17)20-6-4-5-19(15-20)16-32-21-7-9-23(10-8-21)33(29,30)26(11-12-26)25(27)28/h4-10,13-15H,11-12,16H2,1-3H3,(H,27,28). The minimum absolute atomic E-state index is 0.00204. The van der Waals surface area contributed by atoms with Crippen LogP contribution in [-0.4, -0.2) is 31.4 Å². The van der Waals surface area contributed by atoms with Crippen molar-refractivity contribution in [2.24, 2.45) is 0 Å². The molecule has 0 radical (unpaired) electrons. The number of rotatable bonds is 8. The van der Waals surface area contributed by atoms with Crippen LogP contribution < -0.4 is 9.47 Å². The number of carboxylic acid groups (broad SMARTS) is 1. The number of ether oxygens (including phenoxy) is 2. The molecule has 6 nitrogen and oxygen atoms in total. The first-order valence-electron chi connectivity index (χ1n) is 10.6. The fraction of sp³-hybridized carbons (Fsp3) is 0.269. The monoisotopic (exact) mass is 466 g/mol. The first kappa shape index (κ1) is 22.9. The van der Waals surface area contributed by atoms with Crippen molar-refractivity contribution in [1.29, 1.82) is 0 Å². The molecule has 3 aromatic carbocycles. The number of aryl methyl sites for hydroxylation is 2. The summed E-state index contributed by atoms with van der Waals surface area (Å²) in [7, 11) is -2.27. The Bertz CT molecular complexity index is 1280. The third-order valence-electron chi connectivity index (χ3n) is 6.11. The van der Waals surface area contributed by atoms with Crippen molar-refractivity contribution >= 4 is 15.8 Å². The van der Waals surface area contributed by atoms with Gasteiger partial charge in [-0.1, -0.05) is 18.2 Å². The summed E-state index contributed by atoms with van der Waals surface area (Å²) in [4.78, 5) is 11.4. The maximum atomic E-state index is 12.7. The van der Waals surface area contributed by atoms with E-state index in [0.717, 1.165) is 33.6 Å². The van der Waals surface area contributed by atoms with E-state index in [-0.39, 0.29) is 17.7 Å². The lowest BCUT2D eigenvalue weighted by molar-refractivity contribution is -0.137. The first-order chi connectivity index (χ1) is 15.7. The normalized spacial score (nSPS) is 14.5. The Morgan fingerprint density at radius 3 is 2.15 bits per heavy atom. The molecule has 1 fully saturated rings. The summed E-state index contributed by atoms with van der Waals surface area (Å²) in [6.45, 7) is 4.42. The number of methoxy groups -OCH3 is 1. The van der Waals surface area contributed by atoms with E-state index in [9.17, 15) is 18.3 Å². The zero-order valence-electron chi connectivity index (χ0n) is 18.8. The molecule has 0 heterocycles. The van der Waals surface area contributed by atoms with Gasteiger partial charge in [-0.05, 0) is 97.0 Å². The zero-order valence-corrected chi connectivity index (χ0v) is 19.6. The summed E-state index contributed by atoms with van der Waals surface area (Å²) in [5.74, 6) is 0.0519. The van der Waals surface area contributed by atoms with E-state index >= 15 is 0 Å². The fourth-order valence-electron chi connectivity index (χ4n) is 4.13. The van der Waals surface area contributed by atoms with Crippen LogP contribution in [0, 0.1) is 13.8 Å². The van der Waals surface area contributed by atoms with Crippen LogP contribution in [0.5, 0.6) is 11.5 Å². The summed E-state index contributed by atoms with van der Waals surface area (Å²) in [5.41, 5.74) is 5.45. The molecular weight excluding hydrogens is 440 g/mol. The molecule has 1 N–H and O–H groups in total. The Hall–Kier alpha value is -3.32. The summed E-state index contributed by atoms with van der Waals surface area (Å²) in [6, 6.07) is 18.1. The molecule has 33 heavy (non-hydrogen) atoms. The van der Waals surface area contributed by atoms with E-state index in [1.807, 2.05) is 24.3 Å². The third-order valence-corrected chi connectivity index (χ3v) is 8.61. The molecule has 172 valence electrons. The van der Waals surface area contributed by atoms with Crippen LogP contribution in [0.3, 0.4) is 0 Å². The number of benzene rings is 3. The average molecular weight is 467 g/mol. The van der Waals surface area contributed by atoms with Gasteiger partial charge in [0.15, 0.2) is 14.6 Å². The molecular formula is C26H26O6S. The molecule has 0 unspecified atom stereocenters. The minimum atomic E-state index is -3.92. The van der Waals surface area contributed by atoms with E-state index < -0.39 is 20.6 Å². The molecule has 4 rings (SSSR count). The van der Waals surface area contributed by atoms with Gasteiger partial charge in [-0.2, -0.15) is 0 Å². The molecule has 1 aliphatic rings. The van der Waals surface area contributed by atoms with Crippen LogP contribution in [0.2, 0.25) is 0 Å².